The largest absolute Gasteiger partial charge is 0.322 e. The molecule has 0 spiro atoms. The second-order valence-corrected chi connectivity index (χ2v) is 5.70. The molecule has 0 atom stereocenters. The van der Waals surface area contributed by atoms with Gasteiger partial charge in [-0.05, 0) is 17.7 Å². The lowest BCUT2D eigenvalue weighted by Crippen LogP contribution is -2.15. The van der Waals surface area contributed by atoms with Gasteiger partial charge >= 0.3 is 0 Å². The predicted octanol–water partition coefficient (Wildman–Crippen LogP) is 0.517. The number of primary sulfonamides is 1. The molecule has 0 bridgehead atoms. The van der Waals surface area contributed by atoms with E-state index < -0.39 is 10.0 Å². The van der Waals surface area contributed by atoms with Crippen molar-refractivity contribution >= 4 is 21.6 Å². The minimum Gasteiger partial charge on any atom is -0.322 e. The number of benzene rings is 1. The number of carbonyl (C=O) groups excluding carboxylic acids is 1. The number of nitrogens with two attached hydrogens (primary N) is 1. The van der Waals surface area contributed by atoms with E-state index in [4.69, 9.17) is 5.14 Å². The maximum absolute atomic E-state index is 11.8. The van der Waals surface area contributed by atoms with Gasteiger partial charge in [-0.1, -0.05) is 12.1 Å². The third-order valence-corrected chi connectivity index (χ3v) is 3.14. The lowest BCUT2D eigenvalue weighted by Gasteiger charge is -2.05. The summed E-state index contributed by atoms with van der Waals surface area (Å²) in [4.78, 5) is 19.3. The highest BCUT2D eigenvalue weighted by atomic mass is 32.2. The van der Waals surface area contributed by atoms with Gasteiger partial charge in [-0.2, -0.15) is 0 Å². The van der Waals surface area contributed by atoms with Gasteiger partial charge in [0, 0.05) is 18.1 Å². The van der Waals surface area contributed by atoms with E-state index in [2.05, 4.69) is 15.3 Å². The van der Waals surface area contributed by atoms with Crippen LogP contribution in [0.15, 0.2) is 43.0 Å². The molecule has 0 unspecified atom stereocenters. The molecule has 0 saturated carbocycles. The van der Waals surface area contributed by atoms with Crippen molar-refractivity contribution in [2.24, 2.45) is 5.14 Å². The number of nitrogens with one attached hydrogen (secondary N) is 1. The Hall–Kier alpha value is -2.32. The Labute approximate surface area is 115 Å². The summed E-state index contributed by atoms with van der Waals surface area (Å²) in [5.41, 5.74) is 1.42. The van der Waals surface area contributed by atoms with E-state index in [0.717, 1.165) is 0 Å². The van der Waals surface area contributed by atoms with Crippen LogP contribution in [-0.2, 0) is 15.8 Å². The Balaban J connectivity index is 2.06. The maximum Gasteiger partial charge on any atom is 0.258 e. The fourth-order valence-electron chi connectivity index (χ4n) is 1.54. The highest BCUT2D eigenvalue weighted by Gasteiger charge is 2.08. The smallest absolute Gasteiger partial charge is 0.258 e. The molecule has 0 aliphatic heterocycles. The van der Waals surface area contributed by atoms with Gasteiger partial charge in [0.2, 0.25) is 10.0 Å². The first-order chi connectivity index (χ1) is 9.44. The molecule has 1 amide bonds. The van der Waals surface area contributed by atoms with Crippen molar-refractivity contribution < 1.29 is 13.2 Å². The summed E-state index contributed by atoms with van der Waals surface area (Å²) in [6, 6.07) is 6.37. The molecule has 0 saturated heterocycles. The number of aromatic nitrogens is 2. The van der Waals surface area contributed by atoms with Crippen molar-refractivity contribution in [1.82, 2.24) is 9.97 Å². The van der Waals surface area contributed by atoms with E-state index in [1.807, 2.05) is 0 Å². The zero-order valence-corrected chi connectivity index (χ0v) is 11.2. The van der Waals surface area contributed by atoms with Gasteiger partial charge in [0.1, 0.15) is 6.33 Å². The van der Waals surface area contributed by atoms with Gasteiger partial charge in [0.05, 0.1) is 11.3 Å². The predicted molar refractivity (Wildman–Crippen MR) is 73.2 cm³/mol. The van der Waals surface area contributed by atoms with Crippen LogP contribution in [0.3, 0.4) is 0 Å². The molecule has 0 radical (unpaired) electrons. The Bertz CT molecular complexity index is 699. The standard InChI is InChI=1S/C12H12N4O3S/c13-20(18,19)7-9-1-3-11(4-2-9)16-12(17)10-5-14-8-15-6-10/h1-6,8H,7H2,(H,16,17)(H2,13,18,19). The molecule has 1 aromatic carbocycles. The molecule has 1 heterocycles. The van der Waals surface area contributed by atoms with E-state index >= 15 is 0 Å². The quantitative estimate of drug-likeness (QED) is 0.852. The Morgan fingerprint density at radius 2 is 1.75 bits per heavy atom. The van der Waals surface area contributed by atoms with E-state index in [9.17, 15) is 13.2 Å². The first kappa shape index (κ1) is 14.1. The van der Waals surface area contributed by atoms with E-state index in [-0.39, 0.29) is 11.7 Å². The molecule has 1 aromatic heterocycles. The van der Waals surface area contributed by atoms with Crippen LogP contribution >= 0.6 is 0 Å². The van der Waals surface area contributed by atoms with Gasteiger partial charge in [-0.15, -0.1) is 0 Å². The Morgan fingerprint density at radius 3 is 2.30 bits per heavy atom. The molecule has 2 aromatic rings. The molecule has 0 aliphatic rings. The van der Waals surface area contributed by atoms with Crippen molar-refractivity contribution in [3.8, 4) is 0 Å². The van der Waals surface area contributed by atoms with E-state index in [1.54, 1.807) is 24.3 Å². The van der Waals surface area contributed by atoms with Crippen molar-refractivity contribution in [2.75, 3.05) is 5.32 Å². The first-order valence-corrected chi connectivity index (χ1v) is 7.31. The number of nitrogens with zero attached hydrogens (tertiary/aromatic N) is 2. The summed E-state index contributed by atoms with van der Waals surface area (Å²) in [5, 5.41) is 7.60. The highest BCUT2D eigenvalue weighted by molar-refractivity contribution is 7.88. The fraction of sp³-hybridized carbons (Fsp3) is 0.0833. The van der Waals surface area contributed by atoms with Crippen LogP contribution in [0.2, 0.25) is 0 Å². The van der Waals surface area contributed by atoms with Crippen LogP contribution in [0.5, 0.6) is 0 Å². The second-order valence-electron chi connectivity index (χ2n) is 4.09. The summed E-state index contributed by atoms with van der Waals surface area (Å²) >= 11 is 0. The first-order valence-electron chi connectivity index (χ1n) is 5.60. The molecule has 20 heavy (non-hydrogen) atoms. The van der Waals surface area contributed by atoms with Crippen LogP contribution in [0.25, 0.3) is 0 Å². The average molecular weight is 292 g/mol. The minimum absolute atomic E-state index is 0.242. The monoisotopic (exact) mass is 292 g/mol. The number of carbonyl (C=O) groups is 1. The summed E-state index contributed by atoms with van der Waals surface area (Å²) in [7, 11) is -3.56. The molecule has 0 aliphatic carbocycles. The molecule has 104 valence electrons. The fourth-order valence-corrected chi connectivity index (χ4v) is 2.19. The summed E-state index contributed by atoms with van der Waals surface area (Å²) < 4.78 is 21.9. The van der Waals surface area contributed by atoms with Crippen LogP contribution in [-0.4, -0.2) is 24.3 Å². The molecule has 8 heteroatoms. The zero-order chi connectivity index (χ0) is 14.6. The van der Waals surface area contributed by atoms with E-state index in [1.165, 1.54) is 18.7 Å². The number of anilines is 1. The Kier molecular flexibility index (Phi) is 4.06. The van der Waals surface area contributed by atoms with Crippen LogP contribution < -0.4 is 10.5 Å². The van der Waals surface area contributed by atoms with Crippen molar-refractivity contribution in [3.63, 3.8) is 0 Å². The van der Waals surface area contributed by atoms with Gasteiger partial charge in [0.15, 0.2) is 0 Å². The highest BCUT2D eigenvalue weighted by Crippen LogP contribution is 2.12. The Morgan fingerprint density at radius 1 is 1.15 bits per heavy atom. The molecule has 2 rings (SSSR count). The molecule has 7 nitrogen and oxygen atoms in total. The number of hydrogen-bond donors (Lipinski definition) is 2. The van der Waals surface area contributed by atoms with Gasteiger partial charge in [-0.25, -0.2) is 23.5 Å². The third kappa shape index (κ3) is 4.11. The van der Waals surface area contributed by atoms with Crippen molar-refractivity contribution in [1.29, 1.82) is 0 Å². The lowest BCUT2D eigenvalue weighted by atomic mass is 10.2. The van der Waals surface area contributed by atoms with Crippen molar-refractivity contribution in [3.05, 3.63) is 54.1 Å². The number of sulfonamides is 1. The van der Waals surface area contributed by atoms with Crippen LogP contribution in [0.4, 0.5) is 5.69 Å². The zero-order valence-electron chi connectivity index (χ0n) is 10.4. The normalized spacial score (nSPS) is 11.1. The second kappa shape index (κ2) is 5.76. The van der Waals surface area contributed by atoms with Gasteiger partial charge in [-0.3, -0.25) is 4.79 Å². The third-order valence-electron chi connectivity index (χ3n) is 2.40. The van der Waals surface area contributed by atoms with Gasteiger partial charge < -0.3 is 5.32 Å². The summed E-state index contributed by atoms with van der Waals surface area (Å²) in [6.45, 7) is 0. The average Bonchev–Trinajstić information content (AvgIpc) is 2.40. The van der Waals surface area contributed by atoms with Crippen molar-refractivity contribution in [2.45, 2.75) is 5.75 Å². The van der Waals surface area contributed by atoms with Gasteiger partial charge in [0.25, 0.3) is 5.91 Å². The number of hydrogen-bond acceptors (Lipinski definition) is 5. The summed E-state index contributed by atoms with van der Waals surface area (Å²) in [5.74, 6) is -0.585. The summed E-state index contributed by atoms with van der Waals surface area (Å²) in [6.07, 6.45) is 4.13. The molecule has 0 fully saturated rings. The molecular weight excluding hydrogens is 280 g/mol. The topological polar surface area (TPSA) is 115 Å². The molecule has 3 N–H and O–H groups in total. The minimum atomic E-state index is -3.56. The number of rotatable bonds is 4. The van der Waals surface area contributed by atoms with E-state index in [0.29, 0.717) is 16.8 Å². The van der Waals surface area contributed by atoms with Crippen LogP contribution in [0, 0.1) is 0 Å². The SMILES string of the molecule is NS(=O)(=O)Cc1ccc(NC(=O)c2cncnc2)cc1. The number of amides is 1. The molecular formula is C12H12N4O3S. The lowest BCUT2D eigenvalue weighted by molar-refractivity contribution is 0.102. The maximum atomic E-state index is 11.8. The van der Waals surface area contributed by atoms with Crippen LogP contribution in [0.1, 0.15) is 15.9 Å².